The van der Waals surface area contributed by atoms with Crippen molar-refractivity contribution in [2.75, 3.05) is 0 Å². The van der Waals surface area contributed by atoms with Crippen LogP contribution in [0, 0.1) is 5.92 Å². The average molecular weight is 204 g/mol. The maximum Gasteiger partial charge on any atom is 0.130 e. The molecule has 0 fully saturated rings. The molecule has 0 atom stereocenters. The molecule has 0 aromatic carbocycles. The second-order valence-electron chi connectivity index (χ2n) is 3.61. The molecule has 0 bridgehead atoms. The Labute approximate surface area is 92.9 Å². The second-order valence-corrected chi connectivity index (χ2v) is 3.61. The summed E-state index contributed by atoms with van der Waals surface area (Å²) in [7, 11) is 0. The summed E-state index contributed by atoms with van der Waals surface area (Å²) in [6.07, 6.45) is 8.20. The van der Waals surface area contributed by atoms with Crippen LogP contribution in [0.15, 0.2) is 48.6 Å². The molecule has 0 saturated heterocycles. The zero-order valence-corrected chi connectivity index (χ0v) is 9.92. The molecule has 0 N–H and O–H groups in total. The van der Waals surface area contributed by atoms with Crippen LogP contribution >= 0.6 is 0 Å². The standard InChI is InChI=1S/C14H20O/c1-6-8-11(3)14(10-13(5)15)12(4)9-7-2/h6-9,14H,3-4,10H2,1-2,5H3/b8-6-,9-7-. The van der Waals surface area contributed by atoms with Crippen LogP contribution < -0.4 is 0 Å². The van der Waals surface area contributed by atoms with Crippen LogP contribution in [0.3, 0.4) is 0 Å². The third-order valence-corrected chi connectivity index (χ3v) is 2.15. The summed E-state index contributed by atoms with van der Waals surface area (Å²) in [5, 5.41) is 0. The van der Waals surface area contributed by atoms with Gasteiger partial charge in [0.2, 0.25) is 0 Å². The molecule has 0 spiro atoms. The van der Waals surface area contributed by atoms with Gasteiger partial charge in [0, 0.05) is 12.3 Å². The minimum Gasteiger partial charge on any atom is -0.300 e. The van der Waals surface area contributed by atoms with Crippen molar-refractivity contribution in [1.82, 2.24) is 0 Å². The van der Waals surface area contributed by atoms with Crippen LogP contribution in [0.1, 0.15) is 27.2 Å². The molecule has 0 amide bonds. The molecule has 0 aliphatic rings. The monoisotopic (exact) mass is 204 g/mol. The number of allylic oxidation sites excluding steroid dienone is 6. The molecule has 0 radical (unpaired) electrons. The van der Waals surface area contributed by atoms with Gasteiger partial charge in [0.15, 0.2) is 0 Å². The highest BCUT2D eigenvalue weighted by atomic mass is 16.1. The Bertz CT molecular complexity index is 281. The number of hydrogen-bond donors (Lipinski definition) is 0. The first-order valence-corrected chi connectivity index (χ1v) is 5.15. The number of rotatable bonds is 6. The molecule has 82 valence electrons. The van der Waals surface area contributed by atoms with Gasteiger partial charge < -0.3 is 0 Å². The van der Waals surface area contributed by atoms with Crippen molar-refractivity contribution >= 4 is 5.78 Å². The van der Waals surface area contributed by atoms with Crippen molar-refractivity contribution in [2.45, 2.75) is 27.2 Å². The Morgan fingerprint density at radius 3 is 1.80 bits per heavy atom. The van der Waals surface area contributed by atoms with E-state index in [0.29, 0.717) is 6.42 Å². The van der Waals surface area contributed by atoms with E-state index in [1.54, 1.807) is 6.92 Å². The predicted molar refractivity (Wildman–Crippen MR) is 66.7 cm³/mol. The first-order chi connectivity index (χ1) is 7.02. The molecule has 0 aliphatic heterocycles. The zero-order chi connectivity index (χ0) is 11.8. The molecule has 0 aliphatic carbocycles. The van der Waals surface area contributed by atoms with Crippen LogP contribution in [0.5, 0.6) is 0 Å². The molecule has 0 aromatic heterocycles. The molecule has 15 heavy (non-hydrogen) atoms. The quantitative estimate of drug-likeness (QED) is 0.601. The maximum absolute atomic E-state index is 11.1. The summed E-state index contributed by atoms with van der Waals surface area (Å²) < 4.78 is 0. The molecule has 0 aromatic rings. The summed E-state index contributed by atoms with van der Waals surface area (Å²) in [5.74, 6) is 0.200. The van der Waals surface area contributed by atoms with Crippen molar-refractivity contribution in [3.8, 4) is 0 Å². The minimum absolute atomic E-state index is 0.0369. The van der Waals surface area contributed by atoms with E-state index >= 15 is 0 Å². The van der Waals surface area contributed by atoms with E-state index in [-0.39, 0.29) is 11.7 Å². The summed E-state index contributed by atoms with van der Waals surface area (Å²) in [6, 6.07) is 0. The lowest BCUT2D eigenvalue weighted by Gasteiger charge is -2.16. The van der Waals surface area contributed by atoms with Crippen molar-refractivity contribution in [1.29, 1.82) is 0 Å². The highest BCUT2D eigenvalue weighted by molar-refractivity contribution is 5.76. The van der Waals surface area contributed by atoms with E-state index in [1.807, 2.05) is 38.2 Å². The lowest BCUT2D eigenvalue weighted by atomic mass is 9.88. The fourth-order valence-electron chi connectivity index (χ4n) is 1.45. The maximum atomic E-state index is 11.1. The van der Waals surface area contributed by atoms with Crippen LogP contribution in [-0.4, -0.2) is 5.78 Å². The van der Waals surface area contributed by atoms with Crippen molar-refractivity contribution in [2.24, 2.45) is 5.92 Å². The van der Waals surface area contributed by atoms with Crippen LogP contribution in [0.4, 0.5) is 0 Å². The van der Waals surface area contributed by atoms with Crippen LogP contribution in [-0.2, 0) is 4.79 Å². The lowest BCUT2D eigenvalue weighted by molar-refractivity contribution is -0.117. The Balaban J connectivity index is 4.79. The third kappa shape index (κ3) is 5.16. The van der Waals surface area contributed by atoms with Crippen LogP contribution in [0.25, 0.3) is 0 Å². The number of ketones is 1. The van der Waals surface area contributed by atoms with Gasteiger partial charge in [-0.25, -0.2) is 0 Å². The molecule has 0 heterocycles. The van der Waals surface area contributed by atoms with Gasteiger partial charge in [-0.15, -0.1) is 0 Å². The molecule has 1 heteroatoms. The van der Waals surface area contributed by atoms with E-state index < -0.39 is 0 Å². The molecular formula is C14H20O. The fourth-order valence-corrected chi connectivity index (χ4v) is 1.45. The molecule has 0 saturated carbocycles. The van der Waals surface area contributed by atoms with Gasteiger partial charge in [-0.2, -0.15) is 0 Å². The summed E-state index contributed by atoms with van der Waals surface area (Å²) in [6.45, 7) is 13.4. The van der Waals surface area contributed by atoms with Gasteiger partial charge in [0.1, 0.15) is 5.78 Å². The summed E-state index contributed by atoms with van der Waals surface area (Å²) in [4.78, 5) is 11.1. The number of Topliss-reactive ketones (excluding diaryl/α,β-unsaturated/α-hetero) is 1. The van der Waals surface area contributed by atoms with E-state index in [9.17, 15) is 4.79 Å². The zero-order valence-electron chi connectivity index (χ0n) is 9.92. The third-order valence-electron chi connectivity index (χ3n) is 2.15. The van der Waals surface area contributed by atoms with E-state index in [1.165, 1.54) is 0 Å². The Hall–Kier alpha value is -1.37. The molecule has 0 rings (SSSR count). The fraction of sp³-hybridized carbons (Fsp3) is 0.357. The first-order valence-electron chi connectivity index (χ1n) is 5.15. The van der Waals surface area contributed by atoms with Gasteiger partial charge in [-0.3, -0.25) is 4.79 Å². The van der Waals surface area contributed by atoms with E-state index in [4.69, 9.17) is 0 Å². The summed E-state index contributed by atoms with van der Waals surface area (Å²) >= 11 is 0. The topological polar surface area (TPSA) is 17.1 Å². The largest absolute Gasteiger partial charge is 0.300 e. The second kappa shape index (κ2) is 6.99. The van der Waals surface area contributed by atoms with Crippen molar-refractivity contribution in [3.63, 3.8) is 0 Å². The van der Waals surface area contributed by atoms with E-state index in [0.717, 1.165) is 11.1 Å². The Kier molecular flexibility index (Phi) is 6.35. The number of carbonyl (C=O) groups excluding carboxylic acids is 1. The normalized spacial score (nSPS) is 11.5. The number of carbonyl (C=O) groups is 1. The summed E-state index contributed by atoms with van der Waals surface area (Å²) in [5.41, 5.74) is 1.88. The highest BCUT2D eigenvalue weighted by Gasteiger charge is 2.14. The van der Waals surface area contributed by atoms with Gasteiger partial charge >= 0.3 is 0 Å². The average Bonchev–Trinajstić information content (AvgIpc) is 2.14. The van der Waals surface area contributed by atoms with Gasteiger partial charge in [0.25, 0.3) is 0 Å². The minimum atomic E-state index is 0.0369. The SMILES string of the molecule is C=C(/C=C\C)C(CC(C)=O)C(=C)/C=C\C. The predicted octanol–water partition coefficient (Wildman–Crippen LogP) is 3.85. The lowest BCUT2D eigenvalue weighted by Crippen LogP contribution is -2.08. The van der Waals surface area contributed by atoms with Gasteiger partial charge in [-0.1, -0.05) is 37.5 Å². The van der Waals surface area contributed by atoms with Crippen molar-refractivity contribution < 1.29 is 4.79 Å². The molecular weight excluding hydrogens is 184 g/mol. The van der Waals surface area contributed by atoms with Crippen LogP contribution in [0.2, 0.25) is 0 Å². The molecule has 1 nitrogen and oxygen atoms in total. The molecule has 0 unspecified atom stereocenters. The Morgan fingerprint density at radius 2 is 1.53 bits per heavy atom. The smallest absolute Gasteiger partial charge is 0.130 e. The van der Waals surface area contributed by atoms with Gasteiger partial charge in [0.05, 0.1) is 0 Å². The van der Waals surface area contributed by atoms with Gasteiger partial charge in [-0.05, 0) is 31.9 Å². The Morgan fingerprint density at radius 1 is 1.13 bits per heavy atom. The van der Waals surface area contributed by atoms with E-state index in [2.05, 4.69) is 13.2 Å². The number of hydrogen-bond acceptors (Lipinski definition) is 1. The van der Waals surface area contributed by atoms with Crippen molar-refractivity contribution in [3.05, 3.63) is 48.6 Å². The first kappa shape index (κ1) is 13.6. The highest BCUT2D eigenvalue weighted by Crippen LogP contribution is 2.24.